The summed E-state index contributed by atoms with van der Waals surface area (Å²) in [5, 5.41) is 4.75. The molecular weight excluding hydrogens is 308 g/mol. The van der Waals surface area contributed by atoms with E-state index in [2.05, 4.69) is 30.4 Å². The molecule has 1 heterocycles. The third-order valence-electron chi connectivity index (χ3n) is 4.10. The van der Waals surface area contributed by atoms with Gasteiger partial charge in [0.2, 0.25) is 5.91 Å². The Balaban J connectivity index is 1.79. The predicted molar refractivity (Wildman–Crippen MR) is 96.1 cm³/mol. The summed E-state index contributed by atoms with van der Waals surface area (Å²) in [7, 11) is 0. The van der Waals surface area contributed by atoms with Crippen molar-refractivity contribution >= 4 is 34.1 Å². The molecule has 23 heavy (non-hydrogen) atoms. The fourth-order valence-electron chi connectivity index (χ4n) is 2.69. The van der Waals surface area contributed by atoms with Crippen LogP contribution < -0.4 is 5.32 Å². The first-order chi connectivity index (χ1) is 11.1. The molecule has 1 N–H and O–H groups in total. The molecule has 3 aromatic rings. The molecule has 0 saturated heterocycles. The van der Waals surface area contributed by atoms with Gasteiger partial charge in [-0.05, 0) is 60.2 Å². The van der Waals surface area contributed by atoms with Crippen molar-refractivity contribution in [2.45, 2.75) is 26.8 Å². The molecule has 0 bridgehead atoms. The Kier molecular flexibility index (Phi) is 4.39. The minimum absolute atomic E-state index is 0.0626. The second-order valence-electron chi connectivity index (χ2n) is 5.65. The molecule has 2 aromatic carbocycles. The van der Waals surface area contributed by atoms with Crippen LogP contribution in [-0.4, -0.2) is 10.5 Å². The van der Waals surface area contributed by atoms with Crippen LogP contribution in [0.1, 0.15) is 18.1 Å². The number of nitrogens with zero attached hydrogens (tertiary/aromatic N) is 1. The van der Waals surface area contributed by atoms with Crippen LogP contribution in [0.15, 0.2) is 48.7 Å². The molecule has 0 atom stereocenters. The van der Waals surface area contributed by atoms with E-state index < -0.39 is 0 Å². The molecule has 3 nitrogen and oxygen atoms in total. The zero-order chi connectivity index (χ0) is 16.4. The summed E-state index contributed by atoms with van der Waals surface area (Å²) in [6.07, 6.45) is 2.96. The molecule has 0 aliphatic heterocycles. The summed E-state index contributed by atoms with van der Waals surface area (Å²) in [4.78, 5) is 12.3. The van der Waals surface area contributed by atoms with Gasteiger partial charge in [-0.25, -0.2) is 0 Å². The maximum atomic E-state index is 12.3. The summed E-state index contributed by atoms with van der Waals surface area (Å²) >= 11 is 6.09. The van der Waals surface area contributed by atoms with E-state index in [1.165, 1.54) is 5.56 Å². The van der Waals surface area contributed by atoms with Gasteiger partial charge in [0.1, 0.15) is 6.54 Å². The largest absolute Gasteiger partial charge is 0.338 e. The number of benzene rings is 2. The molecule has 118 valence electrons. The lowest BCUT2D eigenvalue weighted by molar-refractivity contribution is -0.116. The Bertz CT molecular complexity index is 867. The summed E-state index contributed by atoms with van der Waals surface area (Å²) < 4.78 is 1.96. The molecule has 4 heteroatoms. The molecule has 0 unspecified atom stereocenters. The number of carbonyl (C=O) groups is 1. The van der Waals surface area contributed by atoms with Crippen molar-refractivity contribution in [1.82, 2.24) is 4.57 Å². The van der Waals surface area contributed by atoms with Crippen LogP contribution in [0.25, 0.3) is 10.9 Å². The van der Waals surface area contributed by atoms with Crippen molar-refractivity contribution in [3.63, 3.8) is 0 Å². The number of aryl methyl sites for hydroxylation is 1. The number of anilines is 1. The maximum absolute atomic E-state index is 12.3. The first-order valence-corrected chi connectivity index (χ1v) is 8.09. The molecule has 0 fully saturated rings. The van der Waals surface area contributed by atoms with Crippen molar-refractivity contribution in [3.8, 4) is 0 Å². The second-order valence-corrected chi connectivity index (χ2v) is 6.06. The quantitative estimate of drug-likeness (QED) is 0.734. The van der Waals surface area contributed by atoms with Gasteiger partial charge in [-0.2, -0.15) is 0 Å². The van der Waals surface area contributed by atoms with Crippen LogP contribution in [0, 0.1) is 6.92 Å². The van der Waals surface area contributed by atoms with E-state index in [4.69, 9.17) is 11.6 Å². The van der Waals surface area contributed by atoms with Crippen LogP contribution in [-0.2, 0) is 17.8 Å². The van der Waals surface area contributed by atoms with E-state index in [1.807, 2.05) is 42.0 Å². The Labute approximate surface area is 140 Å². The van der Waals surface area contributed by atoms with Crippen molar-refractivity contribution in [2.75, 3.05) is 5.32 Å². The fraction of sp³-hybridized carbons (Fsp3) is 0.211. The first kappa shape index (κ1) is 15.6. The summed E-state index contributed by atoms with van der Waals surface area (Å²) in [5.41, 5.74) is 4.01. The smallest absolute Gasteiger partial charge is 0.244 e. The van der Waals surface area contributed by atoms with Gasteiger partial charge >= 0.3 is 0 Å². The van der Waals surface area contributed by atoms with Crippen molar-refractivity contribution in [2.24, 2.45) is 0 Å². The highest BCUT2D eigenvalue weighted by Gasteiger charge is 2.09. The molecule has 0 aliphatic rings. The number of fused-ring (bicyclic) bond motifs is 1. The minimum atomic E-state index is -0.0626. The van der Waals surface area contributed by atoms with Gasteiger partial charge in [0.25, 0.3) is 0 Å². The standard InChI is InChI=1S/C19H19ClN2O/c1-3-14-7-8-18-15(11-14)9-10-22(18)12-19(23)21-17-6-4-5-16(20)13(17)2/h4-11H,3,12H2,1-2H3,(H,21,23). The number of hydrogen-bond acceptors (Lipinski definition) is 1. The summed E-state index contributed by atoms with van der Waals surface area (Å²) in [6, 6.07) is 13.9. The lowest BCUT2D eigenvalue weighted by Crippen LogP contribution is -2.18. The van der Waals surface area contributed by atoms with E-state index in [1.54, 1.807) is 0 Å². The second kappa shape index (κ2) is 6.47. The molecule has 0 aliphatic carbocycles. The molecule has 0 saturated carbocycles. The van der Waals surface area contributed by atoms with E-state index >= 15 is 0 Å². The molecule has 3 rings (SSSR count). The molecule has 1 aromatic heterocycles. The Morgan fingerprint density at radius 2 is 2.04 bits per heavy atom. The van der Waals surface area contributed by atoms with Crippen molar-refractivity contribution in [1.29, 1.82) is 0 Å². The Morgan fingerprint density at radius 1 is 1.22 bits per heavy atom. The lowest BCUT2D eigenvalue weighted by atomic mass is 10.1. The van der Waals surface area contributed by atoms with Gasteiger partial charge in [-0.15, -0.1) is 0 Å². The van der Waals surface area contributed by atoms with Gasteiger partial charge in [-0.1, -0.05) is 30.7 Å². The molecule has 0 radical (unpaired) electrons. The highest BCUT2D eigenvalue weighted by Crippen LogP contribution is 2.23. The monoisotopic (exact) mass is 326 g/mol. The fourth-order valence-corrected chi connectivity index (χ4v) is 2.87. The van der Waals surface area contributed by atoms with Crippen LogP contribution in [0.3, 0.4) is 0 Å². The van der Waals surface area contributed by atoms with Gasteiger partial charge in [0, 0.05) is 22.4 Å². The van der Waals surface area contributed by atoms with Crippen LogP contribution in [0.2, 0.25) is 5.02 Å². The van der Waals surface area contributed by atoms with Gasteiger partial charge < -0.3 is 9.88 Å². The van der Waals surface area contributed by atoms with E-state index in [9.17, 15) is 4.79 Å². The number of rotatable bonds is 4. The SMILES string of the molecule is CCc1ccc2c(ccn2CC(=O)Nc2cccc(Cl)c2C)c1. The highest BCUT2D eigenvalue weighted by atomic mass is 35.5. The zero-order valence-electron chi connectivity index (χ0n) is 13.3. The van der Waals surface area contributed by atoms with E-state index in [0.717, 1.165) is 28.6 Å². The Morgan fingerprint density at radius 3 is 2.83 bits per heavy atom. The zero-order valence-corrected chi connectivity index (χ0v) is 14.0. The topological polar surface area (TPSA) is 34.0 Å². The predicted octanol–water partition coefficient (Wildman–Crippen LogP) is 4.80. The molecule has 0 spiro atoms. The number of amides is 1. The summed E-state index contributed by atoms with van der Waals surface area (Å²) in [5.74, 6) is -0.0626. The lowest BCUT2D eigenvalue weighted by Gasteiger charge is -2.11. The van der Waals surface area contributed by atoms with Crippen molar-refractivity contribution in [3.05, 3.63) is 64.8 Å². The van der Waals surface area contributed by atoms with E-state index in [0.29, 0.717) is 5.02 Å². The third-order valence-corrected chi connectivity index (χ3v) is 4.51. The Hall–Kier alpha value is -2.26. The average molecular weight is 327 g/mol. The van der Waals surface area contributed by atoms with Crippen molar-refractivity contribution < 1.29 is 4.79 Å². The normalized spacial score (nSPS) is 10.9. The number of nitrogens with one attached hydrogen (secondary N) is 1. The molecule has 1 amide bonds. The van der Waals surface area contributed by atoms with Gasteiger partial charge in [0.15, 0.2) is 0 Å². The first-order valence-electron chi connectivity index (χ1n) is 7.71. The number of hydrogen-bond donors (Lipinski definition) is 1. The number of halogens is 1. The number of aromatic nitrogens is 1. The third kappa shape index (κ3) is 3.25. The maximum Gasteiger partial charge on any atom is 0.244 e. The number of carbonyl (C=O) groups excluding carboxylic acids is 1. The average Bonchev–Trinajstić information content (AvgIpc) is 2.94. The van der Waals surface area contributed by atoms with Crippen LogP contribution in [0.4, 0.5) is 5.69 Å². The minimum Gasteiger partial charge on any atom is -0.338 e. The molecular formula is C19H19ClN2O. The van der Waals surface area contributed by atoms with Crippen LogP contribution in [0.5, 0.6) is 0 Å². The summed E-state index contributed by atoms with van der Waals surface area (Å²) in [6.45, 7) is 4.31. The van der Waals surface area contributed by atoms with Crippen LogP contribution >= 0.6 is 11.6 Å². The van der Waals surface area contributed by atoms with E-state index in [-0.39, 0.29) is 12.5 Å². The van der Waals surface area contributed by atoms with Gasteiger partial charge in [-0.3, -0.25) is 4.79 Å². The highest BCUT2D eigenvalue weighted by molar-refractivity contribution is 6.31. The van der Waals surface area contributed by atoms with Gasteiger partial charge in [0.05, 0.1) is 0 Å².